The maximum absolute atomic E-state index is 13.5. The third kappa shape index (κ3) is 5.46. The Morgan fingerprint density at radius 2 is 1.75 bits per heavy atom. The molecule has 0 aliphatic heterocycles. The van der Waals surface area contributed by atoms with Gasteiger partial charge in [0.25, 0.3) is 5.91 Å². The van der Waals surface area contributed by atoms with Crippen LogP contribution in [0.2, 0.25) is 0 Å². The molecule has 0 unspecified atom stereocenters. The molecule has 28 heavy (non-hydrogen) atoms. The van der Waals surface area contributed by atoms with E-state index in [1.807, 2.05) is 5.32 Å². The maximum Gasteiger partial charge on any atom is 0.342 e. The van der Waals surface area contributed by atoms with Gasteiger partial charge in [-0.25, -0.2) is 18.0 Å². The minimum Gasteiger partial charge on any atom is -0.507 e. The van der Waals surface area contributed by atoms with E-state index < -0.39 is 54.1 Å². The van der Waals surface area contributed by atoms with Gasteiger partial charge in [0.2, 0.25) is 5.91 Å². The van der Waals surface area contributed by atoms with Crippen molar-refractivity contribution in [1.29, 1.82) is 0 Å². The average Bonchev–Trinajstić information content (AvgIpc) is 2.66. The third-order valence-corrected chi connectivity index (χ3v) is 3.76. The van der Waals surface area contributed by atoms with Gasteiger partial charge < -0.3 is 20.5 Å². The normalized spacial score (nSPS) is 10.3. The summed E-state index contributed by atoms with van der Waals surface area (Å²) in [5, 5.41) is 13.6. The molecule has 2 amide bonds. The van der Waals surface area contributed by atoms with E-state index in [2.05, 4.69) is 21.2 Å². The van der Waals surface area contributed by atoms with Gasteiger partial charge in [-0.05, 0) is 30.3 Å². The summed E-state index contributed by atoms with van der Waals surface area (Å²) in [6.45, 7) is -1.39. The molecule has 0 spiro atoms. The fourth-order valence-corrected chi connectivity index (χ4v) is 2.29. The lowest BCUT2D eigenvalue weighted by molar-refractivity contribution is -0.126. The molecule has 0 aromatic heterocycles. The molecule has 0 aliphatic carbocycles. The number of nitrogens with one attached hydrogen (secondary N) is 2. The van der Waals surface area contributed by atoms with Crippen molar-refractivity contribution in [3.8, 4) is 5.75 Å². The Labute approximate surface area is 164 Å². The first-order valence-corrected chi connectivity index (χ1v) is 8.34. The van der Waals surface area contributed by atoms with Crippen molar-refractivity contribution in [1.82, 2.24) is 5.32 Å². The Balaban J connectivity index is 1.82. The smallest absolute Gasteiger partial charge is 0.342 e. The number of rotatable bonds is 6. The highest BCUT2D eigenvalue weighted by molar-refractivity contribution is 9.10. The van der Waals surface area contributed by atoms with Crippen molar-refractivity contribution >= 4 is 39.4 Å². The van der Waals surface area contributed by atoms with Crippen LogP contribution in [0.4, 0.5) is 18.9 Å². The number of aromatic hydroxyl groups is 1. The molecular weight excluding hydrogens is 449 g/mol. The van der Waals surface area contributed by atoms with Crippen molar-refractivity contribution < 1.29 is 37.4 Å². The largest absolute Gasteiger partial charge is 0.507 e. The predicted molar refractivity (Wildman–Crippen MR) is 94.0 cm³/mol. The highest BCUT2D eigenvalue weighted by Gasteiger charge is 2.17. The Morgan fingerprint density at radius 1 is 1.04 bits per heavy atom. The Kier molecular flexibility index (Phi) is 6.99. The van der Waals surface area contributed by atoms with Crippen molar-refractivity contribution in [2.24, 2.45) is 0 Å². The Bertz CT molecular complexity index is 939. The molecule has 0 aliphatic rings. The van der Waals surface area contributed by atoms with Crippen molar-refractivity contribution in [2.75, 3.05) is 18.5 Å². The molecule has 0 atom stereocenters. The summed E-state index contributed by atoms with van der Waals surface area (Å²) in [6, 6.07) is 5.48. The highest BCUT2D eigenvalue weighted by Crippen LogP contribution is 2.22. The van der Waals surface area contributed by atoms with E-state index in [-0.39, 0.29) is 11.3 Å². The van der Waals surface area contributed by atoms with Crippen molar-refractivity contribution in [3.05, 3.63) is 57.8 Å². The van der Waals surface area contributed by atoms with Gasteiger partial charge in [-0.1, -0.05) is 15.9 Å². The monoisotopic (exact) mass is 460 g/mol. The fourth-order valence-electron chi connectivity index (χ4n) is 1.93. The number of amides is 2. The van der Waals surface area contributed by atoms with Gasteiger partial charge in [-0.2, -0.15) is 0 Å². The van der Waals surface area contributed by atoms with Crippen LogP contribution < -0.4 is 10.6 Å². The van der Waals surface area contributed by atoms with Gasteiger partial charge in [0.1, 0.15) is 11.3 Å². The molecule has 0 heterocycles. The first-order valence-electron chi connectivity index (χ1n) is 7.54. The minimum atomic E-state index is -1.75. The van der Waals surface area contributed by atoms with Gasteiger partial charge in [0.05, 0.1) is 12.2 Å². The van der Waals surface area contributed by atoms with Crippen LogP contribution >= 0.6 is 15.9 Å². The summed E-state index contributed by atoms with van der Waals surface area (Å²) < 4.78 is 44.6. The second kappa shape index (κ2) is 9.22. The predicted octanol–water partition coefficient (Wildman–Crippen LogP) is 2.48. The third-order valence-electron chi connectivity index (χ3n) is 3.27. The quantitative estimate of drug-likeness (QED) is 0.453. The van der Waals surface area contributed by atoms with Crippen LogP contribution in [0.3, 0.4) is 0 Å². The van der Waals surface area contributed by atoms with E-state index in [4.69, 9.17) is 4.74 Å². The summed E-state index contributed by atoms with van der Waals surface area (Å²) in [5.74, 6) is -7.84. The Morgan fingerprint density at radius 3 is 2.46 bits per heavy atom. The van der Waals surface area contributed by atoms with E-state index in [1.54, 1.807) is 0 Å². The zero-order chi connectivity index (χ0) is 20.8. The lowest BCUT2D eigenvalue weighted by Crippen LogP contribution is -2.35. The van der Waals surface area contributed by atoms with Gasteiger partial charge >= 0.3 is 5.97 Å². The van der Waals surface area contributed by atoms with E-state index in [1.165, 1.54) is 18.2 Å². The number of carbonyl (C=O) groups excluding carboxylic acids is 3. The van der Waals surface area contributed by atoms with Gasteiger partial charge in [0, 0.05) is 4.47 Å². The van der Waals surface area contributed by atoms with Gasteiger partial charge in [0.15, 0.2) is 24.1 Å². The lowest BCUT2D eigenvalue weighted by atomic mass is 10.2. The van der Waals surface area contributed by atoms with Gasteiger partial charge in [-0.3, -0.25) is 9.59 Å². The minimum absolute atomic E-state index is 0.172. The van der Waals surface area contributed by atoms with Crippen molar-refractivity contribution in [2.45, 2.75) is 0 Å². The van der Waals surface area contributed by atoms with Gasteiger partial charge in [-0.15, -0.1) is 0 Å². The zero-order valence-electron chi connectivity index (χ0n) is 13.9. The summed E-state index contributed by atoms with van der Waals surface area (Å²) >= 11 is 3.11. The SMILES string of the molecule is O=C(COC(=O)c1cc(Br)ccc1O)NCC(=O)Nc1ccc(F)c(F)c1F. The number of esters is 1. The second-order valence-electron chi connectivity index (χ2n) is 5.29. The molecule has 0 bridgehead atoms. The lowest BCUT2D eigenvalue weighted by Gasteiger charge is -2.09. The summed E-state index contributed by atoms with van der Waals surface area (Å²) in [6.07, 6.45) is 0. The summed E-state index contributed by atoms with van der Waals surface area (Å²) in [4.78, 5) is 35.1. The zero-order valence-corrected chi connectivity index (χ0v) is 15.5. The molecule has 0 fully saturated rings. The summed E-state index contributed by atoms with van der Waals surface area (Å²) in [5.41, 5.74) is -0.775. The molecule has 148 valence electrons. The molecule has 3 N–H and O–H groups in total. The maximum atomic E-state index is 13.5. The van der Waals surface area contributed by atoms with E-state index >= 15 is 0 Å². The number of hydrogen-bond donors (Lipinski definition) is 3. The molecular formula is C17H12BrF3N2O5. The number of carbonyl (C=O) groups is 3. The molecule has 2 aromatic rings. The van der Waals surface area contributed by atoms with E-state index in [9.17, 15) is 32.7 Å². The van der Waals surface area contributed by atoms with Crippen LogP contribution in [0.25, 0.3) is 0 Å². The fraction of sp³-hybridized carbons (Fsp3) is 0.118. The average molecular weight is 461 g/mol. The number of phenols is 1. The van der Waals surface area contributed by atoms with Crippen LogP contribution in [0.15, 0.2) is 34.8 Å². The standard InChI is InChI=1S/C17H12BrF3N2O5/c18-8-1-4-12(24)9(5-8)17(27)28-7-14(26)22-6-13(25)23-11-3-2-10(19)15(20)16(11)21/h1-5,24H,6-7H2,(H,22,26)(H,23,25). The Hall–Kier alpha value is -3.08. The second-order valence-corrected chi connectivity index (χ2v) is 6.20. The van der Waals surface area contributed by atoms with Crippen LogP contribution in [0.5, 0.6) is 5.75 Å². The summed E-state index contributed by atoms with van der Waals surface area (Å²) in [7, 11) is 0. The number of ether oxygens (including phenoxy) is 1. The highest BCUT2D eigenvalue weighted by atomic mass is 79.9. The molecule has 0 radical (unpaired) electrons. The van der Waals surface area contributed by atoms with E-state index in [0.717, 1.165) is 6.07 Å². The van der Waals surface area contributed by atoms with Crippen LogP contribution in [-0.2, 0) is 14.3 Å². The molecule has 0 saturated heterocycles. The van der Waals surface area contributed by atoms with Crippen molar-refractivity contribution in [3.63, 3.8) is 0 Å². The number of halogens is 4. The molecule has 11 heteroatoms. The first kappa shape index (κ1) is 21.2. The number of anilines is 1. The topological polar surface area (TPSA) is 105 Å². The number of benzene rings is 2. The van der Waals surface area contributed by atoms with E-state index in [0.29, 0.717) is 10.5 Å². The number of phenolic OH excluding ortho intramolecular Hbond substituents is 1. The van der Waals surface area contributed by atoms with Crippen LogP contribution in [0, 0.1) is 17.5 Å². The molecule has 7 nitrogen and oxygen atoms in total. The molecule has 2 aromatic carbocycles. The van der Waals surface area contributed by atoms with Crippen LogP contribution in [0.1, 0.15) is 10.4 Å². The first-order chi connectivity index (χ1) is 13.2. The number of hydrogen-bond acceptors (Lipinski definition) is 5. The van der Waals surface area contributed by atoms with Crippen LogP contribution in [-0.4, -0.2) is 36.0 Å². The molecule has 0 saturated carbocycles. The molecule has 2 rings (SSSR count).